The van der Waals surface area contributed by atoms with Gasteiger partial charge < -0.3 is 20.2 Å². The summed E-state index contributed by atoms with van der Waals surface area (Å²) in [5.74, 6) is -2.06. The molecule has 1 aromatic carbocycles. The second-order valence-electron chi connectivity index (χ2n) is 7.39. The minimum atomic E-state index is -1.19. The Morgan fingerprint density at radius 2 is 1.75 bits per heavy atom. The van der Waals surface area contributed by atoms with Crippen molar-refractivity contribution in [1.82, 2.24) is 10.6 Å². The highest BCUT2D eigenvalue weighted by molar-refractivity contribution is 6.05. The molecule has 2 amide bonds. The molecule has 0 aliphatic rings. The quantitative estimate of drug-likeness (QED) is 0.664. The van der Waals surface area contributed by atoms with Gasteiger partial charge in [0.15, 0.2) is 0 Å². The maximum absolute atomic E-state index is 12.6. The summed E-state index contributed by atoms with van der Waals surface area (Å²) in [6, 6.07) is 9.20. The number of carbonyl (C=O) groups excluding carboxylic acids is 2. The van der Waals surface area contributed by atoms with E-state index in [0.29, 0.717) is 11.3 Å². The van der Waals surface area contributed by atoms with Crippen LogP contribution in [0, 0.1) is 0 Å². The number of amides is 2. The van der Waals surface area contributed by atoms with Crippen LogP contribution in [0.1, 0.15) is 49.4 Å². The molecule has 7 nitrogen and oxygen atoms in total. The summed E-state index contributed by atoms with van der Waals surface area (Å²) in [5, 5.41) is 13.8. The molecule has 0 saturated heterocycles. The first kappa shape index (κ1) is 21.0. The van der Waals surface area contributed by atoms with E-state index < -0.39 is 23.8 Å². The van der Waals surface area contributed by atoms with Crippen molar-refractivity contribution in [3.8, 4) is 0 Å². The Labute approximate surface area is 163 Å². The summed E-state index contributed by atoms with van der Waals surface area (Å²) >= 11 is 0. The van der Waals surface area contributed by atoms with Gasteiger partial charge in [0, 0.05) is 11.6 Å². The van der Waals surface area contributed by atoms with Crippen LogP contribution in [0.15, 0.2) is 52.8 Å². The first-order valence-corrected chi connectivity index (χ1v) is 8.78. The van der Waals surface area contributed by atoms with Crippen molar-refractivity contribution in [1.29, 1.82) is 0 Å². The molecular weight excluding hydrogens is 360 g/mol. The molecule has 2 aromatic rings. The molecule has 0 aliphatic heterocycles. The van der Waals surface area contributed by atoms with Crippen LogP contribution in [0.5, 0.6) is 0 Å². The molecule has 0 saturated carbocycles. The second-order valence-corrected chi connectivity index (χ2v) is 7.39. The van der Waals surface area contributed by atoms with Crippen molar-refractivity contribution in [2.75, 3.05) is 0 Å². The lowest BCUT2D eigenvalue weighted by atomic mass is 9.87. The molecular formula is C21H24N2O5. The van der Waals surface area contributed by atoms with Gasteiger partial charge in [0.05, 0.1) is 6.26 Å². The third-order valence-corrected chi connectivity index (χ3v) is 4.05. The van der Waals surface area contributed by atoms with Crippen LogP contribution in [0.2, 0.25) is 0 Å². The average molecular weight is 384 g/mol. The highest BCUT2D eigenvalue weighted by Gasteiger charge is 2.20. The predicted molar refractivity (Wildman–Crippen MR) is 105 cm³/mol. The third-order valence-electron chi connectivity index (χ3n) is 4.05. The number of benzene rings is 1. The Morgan fingerprint density at radius 3 is 2.25 bits per heavy atom. The number of carbonyl (C=O) groups is 3. The zero-order valence-electron chi connectivity index (χ0n) is 16.3. The Balaban J connectivity index is 2.23. The van der Waals surface area contributed by atoms with Gasteiger partial charge in [0.1, 0.15) is 17.5 Å². The fourth-order valence-corrected chi connectivity index (χ4v) is 2.33. The first-order valence-electron chi connectivity index (χ1n) is 8.78. The van der Waals surface area contributed by atoms with E-state index >= 15 is 0 Å². The van der Waals surface area contributed by atoms with E-state index in [2.05, 4.69) is 31.4 Å². The molecule has 28 heavy (non-hydrogen) atoms. The SMILES string of the molecule is C[C@H](NC(=O)/C(=C\c1ccco1)NC(=O)c1ccc(C(C)(C)C)cc1)C(=O)O. The number of nitrogens with one attached hydrogen (secondary N) is 2. The van der Waals surface area contributed by atoms with Crippen molar-refractivity contribution in [3.63, 3.8) is 0 Å². The fraction of sp³-hybridized carbons (Fsp3) is 0.286. The van der Waals surface area contributed by atoms with Crippen LogP contribution in [0.3, 0.4) is 0 Å². The summed E-state index contributed by atoms with van der Waals surface area (Å²) in [5.41, 5.74) is 1.28. The minimum absolute atomic E-state index is 0.0494. The van der Waals surface area contributed by atoms with Crippen molar-refractivity contribution >= 4 is 23.9 Å². The molecule has 1 atom stereocenters. The Hall–Kier alpha value is -3.35. The molecule has 0 bridgehead atoms. The lowest BCUT2D eigenvalue weighted by Gasteiger charge is -2.19. The highest BCUT2D eigenvalue weighted by atomic mass is 16.4. The van der Waals surface area contributed by atoms with Gasteiger partial charge in [-0.15, -0.1) is 0 Å². The number of rotatable bonds is 6. The smallest absolute Gasteiger partial charge is 0.325 e. The third kappa shape index (κ3) is 5.57. The lowest BCUT2D eigenvalue weighted by molar-refractivity contribution is -0.140. The predicted octanol–water partition coefficient (Wildman–Crippen LogP) is 2.94. The maximum atomic E-state index is 12.6. The van der Waals surface area contributed by atoms with Gasteiger partial charge in [-0.1, -0.05) is 32.9 Å². The number of hydrogen-bond acceptors (Lipinski definition) is 4. The molecule has 7 heteroatoms. The van der Waals surface area contributed by atoms with Gasteiger partial charge in [0.25, 0.3) is 11.8 Å². The van der Waals surface area contributed by atoms with Crippen molar-refractivity contribution in [2.45, 2.75) is 39.2 Å². The molecule has 1 heterocycles. The molecule has 0 spiro atoms. The normalized spacial score (nSPS) is 12.9. The van der Waals surface area contributed by atoms with Crippen LogP contribution < -0.4 is 10.6 Å². The van der Waals surface area contributed by atoms with Crippen LogP contribution >= 0.6 is 0 Å². The van der Waals surface area contributed by atoms with Crippen LogP contribution in [0.4, 0.5) is 0 Å². The van der Waals surface area contributed by atoms with E-state index in [9.17, 15) is 14.4 Å². The van der Waals surface area contributed by atoms with E-state index in [4.69, 9.17) is 9.52 Å². The van der Waals surface area contributed by atoms with Gasteiger partial charge in [-0.2, -0.15) is 0 Å². The highest BCUT2D eigenvalue weighted by Crippen LogP contribution is 2.22. The van der Waals surface area contributed by atoms with Gasteiger partial charge in [-0.3, -0.25) is 14.4 Å². The standard InChI is InChI=1S/C21H24N2O5/c1-13(20(26)27)22-19(25)17(12-16-6-5-11-28-16)23-18(24)14-7-9-15(10-8-14)21(2,3)4/h5-13H,1-4H3,(H,22,25)(H,23,24)(H,26,27)/b17-12+/t13-/m0/s1. The second kappa shape index (κ2) is 8.56. The summed E-state index contributed by atoms with van der Waals surface area (Å²) in [6.45, 7) is 7.54. The maximum Gasteiger partial charge on any atom is 0.325 e. The topological polar surface area (TPSA) is 109 Å². The number of carboxylic acids is 1. The molecule has 0 unspecified atom stereocenters. The Morgan fingerprint density at radius 1 is 1.11 bits per heavy atom. The van der Waals surface area contributed by atoms with Crippen molar-refractivity contribution in [2.24, 2.45) is 0 Å². The fourth-order valence-electron chi connectivity index (χ4n) is 2.33. The van der Waals surface area contributed by atoms with Gasteiger partial charge in [0.2, 0.25) is 0 Å². The zero-order chi connectivity index (χ0) is 20.9. The van der Waals surface area contributed by atoms with Gasteiger partial charge in [-0.05, 0) is 42.2 Å². The van der Waals surface area contributed by atoms with E-state index in [-0.39, 0.29) is 11.1 Å². The minimum Gasteiger partial charge on any atom is -0.480 e. The van der Waals surface area contributed by atoms with E-state index in [1.54, 1.807) is 24.3 Å². The van der Waals surface area contributed by atoms with Crippen molar-refractivity contribution in [3.05, 3.63) is 65.2 Å². The molecule has 3 N–H and O–H groups in total. The Bertz CT molecular complexity index is 875. The van der Waals surface area contributed by atoms with Gasteiger partial charge >= 0.3 is 5.97 Å². The number of furan rings is 1. The number of hydrogen-bond donors (Lipinski definition) is 3. The Kier molecular flexibility index (Phi) is 6.41. The molecule has 1 aromatic heterocycles. The molecule has 0 radical (unpaired) electrons. The molecule has 0 aliphatic carbocycles. The largest absolute Gasteiger partial charge is 0.480 e. The van der Waals surface area contributed by atoms with Crippen LogP contribution in [-0.2, 0) is 15.0 Å². The first-order chi connectivity index (χ1) is 13.1. The number of carboxylic acid groups (broad SMARTS) is 1. The van der Waals surface area contributed by atoms with Gasteiger partial charge in [-0.25, -0.2) is 0 Å². The van der Waals surface area contributed by atoms with Crippen LogP contribution in [0.25, 0.3) is 6.08 Å². The molecule has 0 fully saturated rings. The molecule has 2 rings (SSSR count). The lowest BCUT2D eigenvalue weighted by Crippen LogP contribution is -2.42. The van der Waals surface area contributed by atoms with E-state index in [1.807, 2.05) is 12.1 Å². The van der Waals surface area contributed by atoms with E-state index in [0.717, 1.165) is 5.56 Å². The average Bonchev–Trinajstić information content (AvgIpc) is 3.13. The van der Waals surface area contributed by atoms with E-state index in [1.165, 1.54) is 19.3 Å². The van der Waals surface area contributed by atoms with Crippen LogP contribution in [-0.4, -0.2) is 28.9 Å². The number of aliphatic carboxylic acids is 1. The monoisotopic (exact) mass is 384 g/mol. The summed E-state index contributed by atoms with van der Waals surface area (Å²) < 4.78 is 5.18. The summed E-state index contributed by atoms with van der Waals surface area (Å²) in [7, 11) is 0. The molecule has 148 valence electrons. The summed E-state index contributed by atoms with van der Waals surface area (Å²) in [4.78, 5) is 36.0. The summed E-state index contributed by atoms with van der Waals surface area (Å²) in [6.07, 6.45) is 2.76. The zero-order valence-corrected chi connectivity index (χ0v) is 16.3. The van der Waals surface area contributed by atoms with Crippen molar-refractivity contribution < 1.29 is 23.9 Å².